The molecule has 0 spiro atoms. The van der Waals surface area contributed by atoms with E-state index in [1.54, 1.807) is 0 Å². The number of methoxy groups -OCH3 is 1. The number of carbonyl (C=O) groups excluding carboxylic acids is 1. The molecule has 1 fully saturated rings. The molecule has 0 radical (unpaired) electrons. The number of ketones is 1. The molecule has 0 aliphatic heterocycles. The normalized spacial score (nSPS) is 18.3. The Morgan fingerprint density at radius 2 is 1.94 bits per heavy atom. The summed E-state index contributed by atoms with van der Waals surface area (Å²) in [6, 6.07) is 3.64. The minimum Gasteiger partial charge on any atom is -0.370 e. The van der Waals surface area contributed by atoms with Crippen molar-refractivity contribution in [3.63, 3.8) is 0 Å². The van der Waals surface area contributed by atoms with Crippen LogP contribution in [-0.2, 0) is 4.74 Å². The van der Waals surface area contributed by atoms with E-state index < -0.39 is 23.0 Å². The van der Waals surface area contributed by atoms with Gasteiger partial charge in [-0.15, -0.1) is 0 Å². The van der Waals surface area contributed by atoms with E-state index in [0.717, 1.165) is 18.9 Å². The molecule has 1 aromatic carbocycles. The Bertz CT molecular complexity index is 437. The van der Waals surface area contributed by atoms with Crippen LogP contribution in [0.3, 0.4) is 0 Å². The number of rotatable bonds is 3. The van der Waals surface area contributed by atoms with Crippen molar-refractivity contribution in [3.8, 4) is 0 Å². The van der Waals surface area contributed by atoms with Gasteiger partial charge in [0.05, 0.1) is 5.56 Å². The summed E-state index contributed by atoms with van der Waals surface area (Å²) in [4.78, 5) is 12.2. The molecular weight excluding hydrogens is 226 g/mol. The highest BCUT2D eigenvalue weighted by atomic mass is 19.2. The Balaban J connectivity index is 2.39. The number of Topliss-reactive ketones (excluding diaryl/α,β-unsaturated/α-hetero) is 1. The second-order valence-corrected chi connectivity index (χ2v) is 4.34. The molecule has 0 heterocycles. The molecule has 0 bridgehead atoms. The smallest absolute Gasteiger partial charge is 0.197 e. The predicted molar refractivity (Wildman–Crippen MR) is 58.9 cm³/mol. The molecule has 2 nitrogen and oxygen atoms in total. The fraction of sp³-hybridized carbons (Fsp3) is 0.462. The third kappa shape index (κ3) is 1.97. The second-order valence-electron chi connectivity index (χ2n) is 4.34. The first-order valence-electron chi connectivity index (χ1n) is 5.65. The van der Waals surface area contributed by atoms with Gasteiger partial charge in [0.2, 0.25) is 0 Å². The standard InChI is InChI=1S/C13H14F2O2/c1-17-13(7-2-3-8-13)12(16)9-5-4-6-10(14)11(9)15/h4-6H,2-3,7-8H2,1H3. The van der Waals surface area contributed by atoms with Gasteiger partial charge in [-0.1, -0.05) is 6.07 Å². The third-order valence-corrected chi connectivity index (χ3v) is 3.41. The van der Waals surface area contributed by atoms with Gasteiger partial charge >= 0.3 is 0 Å². The van der Waals surface area contributed by atoms with Crippen LogP contribution in [0.5, 0.6) is 0 Å². The van der Waals surface area contributed by atoms with Gasteiger partial charge in [0, 0.05) is 7.11 Å². The fourth-order valence-electron chi connectivity index (χ4n) is 2.39. The summed E-state index contributed by atoms with van der Waals surface area (Å²) >= 11 is 0. The lowest BCUT2D eigenvalue weighted by atomic mass is 9.90. The van der Waals surface area contributed by atoms with Gasteiger partial charge in [-0.2, -0.15) is 0 Å². The summed E-state index contributed by atoms with van der Waals surface area (Å²) in [5, 5.41) is 0. The summed E-state index contributed by atoms with van der Waals surface area (Å²) in [6.45, 7) is 0. The lowest BCUT2D eigenvalue weighted by Gasteiger charge is -2.25. The highest BCUT2D eigenvalue weighted by molar-refractivity contribution is 6.02. The van der Waals surface area contributed by atoms with Gasteiger partial charge in [0.25, 0.3) is 0 Å². The molecule has 4 heteroatoms. The molecule has 92 valence electrons. The Labute approximate surface area is 98.6 Å². The number of carbonyl (C=O) groups is 1. The largest absolute Gasteiger partial charge is 0.370 e. The highest BCUT2D eigenvalue weighted by Crippen LogP contribution is 2.36. The maximum Gasteiger partial charge on any atom is 0.197 e. The number of ether oxygens (including phenoxy) is 1. The lowest BCUT2D eigenvalue weighted by Crippen LogP contribution is -2.38. The van der Waals surface area contributed by atoms with Crippen LogP contribution in [0.4, 0.5) is 8.78 Å². The summed E-state index contributed by atoms with van der Waals surface area (Å²) < 4.78 is 31.9. The zero-order valence-electron chi connectivity index (χ0n) is 9.63. The molecule has 2 rings (SSSR count). The van der Waals surface area contributed by atoms with E-state index >= 15 is 0 Å². The van der Waals surface area contributed by atoms with E-state index in [1.807, 2.05) is 0 Å². The maximum absolute atomic E-state index is 13.6. The van der Waals surface area contributed by atoms with Crippen molar-refractivity contribution in [1.29, 1.82) is 0 Å². The van der Waals surface area contributed by atoms with Crippen LogP contribution in [0.1, 0.15) is 36.0 Å². The third-order valence-electron chi connectivity index (χ3n) is 3.41. The van der Waals surface area contributed by atoms with E-state index in [2.05, 4.69) is 0 Å². The van der Waals surface area contributed by atoms with Crippen molar-refractivity contribution in [3.05, 3.63) is 35.4 Å². The number of hydrogen-bond acceptors (Lipinski definition) is 2. The first-order valence-corrected chi connectivity index (χ1v) is 5.65. The number of halogens is 2. The highest BCUT2D eigenvalue weighted by Gasteiger charge is 2.42. The van der Waals surface area contributed by atoms with Gasteiger partial charge in [0.1, 0.15) is 5.60 Å². The van der Waals surface area contributed by atoms with Crippen LogP contribution in [0.15, 0.2) is 18.2 Å². The molecule has 1 saturated carbocycles. The van der Waals surface area contributed by atoms with Gasteiger partial charge in [-0.25, -0.2) is 8.78 Å². The Kier molecular flexibility index (Phi) is 3.24. The maximum atomic E-state index is 13.6. The van der Waals surface area contributed by atoms with E-state index in [0.29, 0.717) is 12.8 Å². The molecular formula is C13H14F2O2. The zero-order chi connectivity index (χ0) is 12.5. The van der Waals surface area contributed by atoms with Crippen molar-refractivity contribution < 1.29 is 18.3 Å². The molecule has 1 aromatic rings. The Morgan fingerprint density at radius 3 is 2.53 bits per heavy atom. The molecule has 0 unspecified atom stereocenters. The van der Waals surface area contributed by atoms with Crippen molar-refractivity contribution in [2.75, 3.05) is 7.11 Å². The second kappa shape index (κ2) is 4.53. The van der Waals surface area contributed by atoms with Crippen LogP contribution in [-0.4, -0.2) is 18.5 Å². The first-order chi connectivity index (χ1) is 8.10. The van der Waals surface area contributed by atoms with Crippen LogP contribution in [0.25, 0.3) is 0 Å². The SMILES string of the molecule is COC1(C(=O)c2cccc(F)c2F)CCCC1. The minimum absolute atomic E-state index is 0.214. The summed E-state index contributed by atoms with van der Waals surface area (Å²) in [6.07, 6.45) is 2.88. The van der Waals surface area contributed by atoms with E-state index in [1.165, 1.54) is 19.2 Å². The molecule has 0 saturated heterocycles. The molecule has 17 heavy (non-hydrogen) atoms. The van der Waals surface area contributed by atoms with Gasteiger partial charge in [-0.05, 0) is 37.8 Å². The average Bonchev–Trinajstić information content (AvgIpc) is 2.82. The minimum atomic E-state index is -1.08. The monoisotopic (exact) mass is 240 g/mol. The Morgan fingerprint density at radius 1 is 1.29 bits per heavy atom. The predicted octanol–water partition coefficient (Wildman–Crippen LogP) is 3.11. The molecule has 0 aromatic heterocycles. The molecule has 1 aliphatic rings. The van der Waals surface area contributed by atoms with E-state index in [-0.39, 0.29) is 5.56 Å². The van der Waals surface area contributed by atoms with Crippen molar-refractivity contribution >= 4 is 5.78 Å². The molecule has 0 atom stereocenters. The Hall–Kier alpha value is -1.29. The van der Waals surface area contributed by atoms with E-state index in [4.69, 9.17) is 4.74 Å². The van der Waals surface area contributed by atoms with Gasteiger partial charge < -0.3 is 4.74 Å². The van der Waals surface area contributed by atoms with Crippen LogP contribution < -0.4 is 0 Å². The number of benzene rings is 1. The summed E-state index contributed by atoms with van der Waals surface area (Å²) in [5.41, 5.74) is -1.18. The van der Waals surface area contributed by atoms with E-state index in [9.17, 15) is 13.6 Å². The van der Waals surface area contributed by atoms with Crippen molar-refractivity contribution in [1.82, 2.24) is 0 Å². The topological polar surface area (TPSA) is 26.3 Å². The van der Waals surface area contributed by atoms with Gasteiger partial charge in [0.15, 0.2) is 17.4 Å². The lowest BCUT2D eigenvalue weighted by molar-refractivity contribution is 0.00563. The average molecular weight is 240 g/mol. The molecule has 0 N–H and O–H groups in total. The zero-order valence-corrected chi connectivity index (χ0v) is 9.63. The molecule has 0 amide bonds. The van der Waals surface area contributed by atoms with Crippen LogP contribution in [0.2, 0.25) is 0 Å². The molecule has 1 aliphatic carbocycles. The van der Waals surface area contributed by atoms with Crippen molar-refractivity contribution in [2.24, 2.45) is 0 Å². The first kappa shape index (κ1) is 12.2. The van der Waals surface area contributed by atoms with Gasteiger partial charge in [-0.3, -0.25) is 4.79 Å². The summed E-state index contributed by atoms with van der Waals surface area (Å²) in [7, 11) is 1.44. The quantitative estimate of drug-likeness (QED) is 0.759. The van der Waals surface area contributed by atoms with Crippen LogP contribution >= 0.6 is 0 Å². The number of hydrogen-bond donors (Lipinski definition) is 0. The van der Waals surface area contributed by atoms with Crippen LogP contribution in [0, 0.1) is 11.6 Å². The summed E-state index contributed by atoms with van der Waals surface area (Å²) in [5.74, 6) is -2.53. The van der Waals surface area contributed by atoms with Crippen molar-refractivity contribution in [2.45, 2.75) is 31.3 Å². The fourth-order valence-corrected chi connectivity index (χ4v) is 2.39.